The van der Waals surface area contributed by atoms with Crippen LogP contribution in [0.1, 0.15) is 18.4 Å². The Balaban J connectivity index is 0.00000150. The smallest absolute Gasteiger partial charge is 0.228 e. The van der Waals surface area contributed by atoms with Gasteiger partial charge in [0.1, 0.15) is 0 Å². The van der Waals surface area contributed by atoms with Gasteiger partial charge in [-0.25, -0.2) is 0 Å². The van der Waals surface area contributed by atoms with Gasteiger partial charge in [0.25, 0.3) is 0 Å². The van der Waals surface area contributed by atoms with Crippen molar-refractivity contribution in [1.29, 1.82) is 0 Å². The standard InChI is InChI=1S/C21H25N5O.2ClH/c1-13-11-16(22)4-5-17(13)15-3-6-19-18(12-15)20(25-24-19)23-21(27)14-7-9-26(2)10-8-14;;/h3-6,11-12,14H,7-10,22H2,1-2H3,(H2,23,24,25,27);2*1H. The predicted molar refractivity (Wildman–Crippen MR) is 124 cm³/mol. The number of anilines is 2. The largest absolute Gasteiger partial charge is 0.399 e. The Morgan fingerprint density at radius 3 is 2.59 bits per heavy atom. The number of benzene rings is 2. The molecule has 8 heteroatoms. The SMILES string of the molecule is Cc1cc(N)ccc1-c1ccc2[nH]nc(NC(=O)C3CCN(C)CC3)c2c1.Cl.Cl. The van der Waals surface area contributed by atoms with Gasteiger partial charge >= 0.3 is 0 Å². The zero-order valence-corrected chi connectivity index (χ0v) is 18.2. The highest BCUT2D eigenvalue weighted by atomic mass is 35.5. The molecule has 4 N–H and O–H groups in total. The second-order valence-electron chi connectivity index (χ2n) is 7.47. The molecule has 1 aliphatic rings. The zero-order valence-electron chi connectivity index (χ0n) is 16.6. The molecule has 29 heavy (non-hydrogen) atoms. The maximum atomic E-state index is 12.7. The van der Waals surface area contributed by atoms with Crippen molar-refractivity contribution in [3.05, 3.63) is 42.0 Å². The van der Waals surface area contributed by atoms with Gasteiger partial charge in [-0.2, -0.15) is 5.10 Å². The number of rotatable bonds is 3. The third-order valence-electron chi connectivity index (χ3n) is 5.46. The van der Waals surface area contributed by atoms with Crippen LogP contribution in [0.3, 0.4) is 0 Å². The van der Waals surface area contributed by atoms with E-state index in [1.54, 1.807) is 0 Å². The molecule has 1 aromatic heterocycles. The number of hydrogen-bond acceptors (Lipinski definition) is 4. The molecule has 0 saturated carbocycles. The summed E-state index contributed by atoms with van der Waals surface area (Å²) in [6, 6.07) is 12.0. The fraction of sp³-hybridized carbons (Fsp3) is 0.333. The number of carbonyl (C=O) groups is 1. The Kier molecular flexibility index (Phi) is 7.52. The second kappa shape index (κ2) is 9.48. The molecule has 0 unspecified atom stereocenters. The van der Waals surface area contributed by atoms with Gasteiger partial charge in [0.05, 0.1) is 5.52 Å². The monoisotopic (exact) mass is 435 g/mol. The number of nitrogens with two attached hydrogens (primary N) is 1. The molecule has 2 aromatic carbocycles. The van der Waals surface area contributed by atoms with E-state index in [1.165, 1.54) is 0 Å². The van der Waals surface area contributed by atoms with Crippen LogP contribution in [0.5, 0.6) is 0 Å². The first kappa shape index (κ1) is 23.0. The van der Waals surface area contributed by atoms with Gasteiger partial charge in [-0.15, -0.1) is 24.8 Å². The molecular weight excluding hydrogens is 409 g/mol. The third kappa shape index (κ3) is 4.83. The highest BCUT2D eigenvalue weighted by molar-refractivity contribution is 6.01. The topological polar surface area (TPSA) is 87.0 Å². The summed E-state index contributed by atoms with van der Waals surface area (Å²) in [6.45, 7) is 3.97. The molecule has 1 aliphatic heterocycles. The van der Waals surface area contributed by atoms with E-state index in [0.29, 0.717) is 5.82 Å². The average Bonchev–Trinajstić information content (AvgIpc) is 3.04. The summed E-state index contributed by atoms with van der Waals surface area (Å²) in [4.78, 5) is 14.9. The van der Waals surface area contributed by atoms with Gasteiger partial charge in [0.2, 0.25) is 5.91 Å². The number of nitrogens with one attached hydrogen (secondary N) is 2. The van der Waals surface area contributed by atoms with Gasteiger partial charge in [0, 0.05) is 17.0 Å². The first-order valence-corrected chi connectivity index (χ1v) is 9.35. The van der Waals surface area contributed by atoms with Crippen molar-refractivity contribution in [2.45, 2.75) is 19.8 Å². The lowest BCUT2D eigenvalue weighted by molar-refractivity contribution is -0.121. The highest BCUT2D eigenvalue weighted by Gasteiger charge is 2.24. The lowest BCUT2D eigenvalue weighted by Gasteiger charge is -2.27. The molecule has 0 bridgehead atoms. The number of likely N-dealkylation sites (tertiary alicyclic amines) is 1. The minimum Gasteiger partial charge on any atom is -0.399 e. The number of nitrogen functional groups attached to an aromatic ring is 1. The number of piperidine rings is 1. The van der Waals surface area contributed by atoms with Gasteiger partial charge in [-0.05, 0) is 80.9 Å². The van der Waals surface area contributed by atoms with Crippen LogP contribution in [0.25, 0.3) is 22.0 Å². The molecule has 3 aromatic rings. The number of amides is 1. The lowest BCUT2D eigenvalue weighted by Crippen LogP contribution is -2.36. The van der Waals surface area contributed by atoms with Crippen molar-refractivity contribution >= 4 is 53.1 Å². The molecule has 156 valence electrons. The summed E-state index contributed by atoms with van der Waals surface area (Å²) in [5, 5.41) is 11.3. The Morgan fingerprint density at radius 2 is 1.90 bits per heavy atom. The van der Waals surface area contributed by atoms with Crippen LogP contribution < -0.4 is 11.1 Å². The molecular formula is C21H27Cl2N5O. The number of aromatic nitrogens is 2. The number of carbonyl (C=O) groups excluding carboxylic acids is 1. The number of H-pyrrole nitrogens is 1. The number of halogens is 2. The predicted octanol–water partition coefficient (Wildman–Crippen LogP) is 4.24. The molecule has 1 saturated heterocycles. The molecule has 0 spiro atoms. The molecule has 4 rings (SSSR count). The van der Waals surface area contributed by atoms with Crippen LogP contribution in [0.2, 0.25) is 0 Å². The van der Waals surface area contributed by atoms with Crippen LogP contribution in [-0.2, 0) is 4.79 Å². The van der Waals surface area contributed by atoms with Crippen LogP contribution in [-0.4, -0.2) is 41.1 Å². The van der Waals surface area contributed by atoms with Crippen molar-refractivity contribution in [2.75, 3.05) is 31.2 Å². The van der Waals surface area contributed by atoms with Gasteiger partial charge in [0.15, 0.2) is 5.82 Å². The van der Waals surface area contributed by atoms with E-state index < -0.39 is 0 Å². The van der Waals surface area contributed by atoms with Crippen molar-refractivity contribution in [2.24, 2.45) is 5.92 Å². The third-order valence-corrected chi connectivity index (χ3v) is 5.46. The minimum atomic E-state index is 0. The maximum absolute atomic E-state index is 12.7. The summed E-state index contributed by atoms with van der Waals surface area (Å²) in [7, 11) is 2.09. The van der Waals surface area contributed by atoms with Crippen molar-refractivity contribution in [1.82, 2.24) is 15.1 Å². The summed E-state index contributed by atoms with van der Waals surface area (Å²) in [6.07, 6.45) is 1.78. The van der Waals surface area contributed by atoms with Crippen LogP contribution in [0, 0.1) is 12.8 Å². The molecule has 0 aliphatic carbocycles. The fourth-order valence-corrected chi connectivity index (χ4v) is 3.78. The highest BCUT2D eigenvalue weighted by Crippen LogP contribution is 2.30. The number of fused-ring (bicyclic) bond motifs is 1. The van der Waals surface area contributed by atoms with Crippen LogP contribution >= 0.6 is 24.8 Å². The number of aryl methyl sites for hydroxylation is 1. The molecule has 1 amide bonds. The molecule has 1 fully saturated rings. The Bertz CT molecular complexity index is 996. The van der Waals surface area contributed by atoms with E-state index in [0.717, 1.165) is 59.2 Å². The number of nitrogens with zero attached hydrogens (tertiary/aromatic N) is 2. The fourth-order valence-electron chi connectivity index (χ4n) is 3.78. The summed E-state index contributed by atoms with van der Waals surface area (Å²) < 4.78 is 0. The second-order valence-corrected chi connectivity index (χ2v) is 7.47. The van der Waals surface area contributed by atoms with E-state index >= 15 is 0 Å². The Labute approximate surface area is 183 Å². The molecule has 0 radical (unpaired) electrons. The summed E-state index contributed by atoms with van der Waals surface area (Å²) in [5.74, 6) is 0.713. The summed E-state index contributed by atoms with van der Waals surface area (Å²) >= 11 is 0. The number of aromatic amines is 1. The van der Waals surface area contributed by atoms with E-state index in [-0.39, 0.29) is 36.6 Å². The normalized spacial score (nSPS) is 14.8. The van der Waals surface area contributed by atoms with Crippen molar-refractivity contribution < 1.29 is 4.79 Å². The Hall–Kier alpha value is -2.28. The van der Waals surface area contributed by atoms with E-state index in [1.807, 2.05) is 31.2 Å². The van der Waals surface area contributed by atoms with Gasteiger partial charge in [-0.1, -0.05) is 12.1 Å². The summed E-state index contributed by atoms with van der Waals surface area (Å²) in [5.41, 5.74) is 10.9. The molecule has 6 nitrogen and oxygen atoms in total. The number of hydrogen-bond donors (Lipinski definition) is 3. The van der Waals surface area contributed by atoms with E-state index in [4.69, 9.17) is 5.73 Å². The van der Waals surface area contributed by atoms with Crippen LogP contribution in [0.15, 0.2) is 36.4 Å². The molecule has 0 atom stereocenters. The van der Waals surface area contributed by atoms with Crippen molar-refractivity contribution in [3.63, 3.8) is 0 Å². The zero-order chi connectivity index (χ0) is 19.0. The first-order chi connectivity index (χ1) is 13.0. The molecule has 2 heterocycles. The maximum Gasteiger partial charge on any atom is 0.228 e. The van der Waals surface area contributed by atoms with E-state index in [2.05, 4.69) is 39.6 Å². The van der Waals surface area contributed by atoms with Crippen molar-refractivity contribution in [3.8, 4) is 11.1 Å². The Morgan fingerprint density at radius 1 is 1.17 bits per heavy atom. The van der Waals surface area contributed by atoms with Crippen LogP contribution in [0.4, 0.5) is 11.5 Å². The quantitative estimate of drug-likeness (QED) is 0.536. The average molecular weight is 436 g/mol. The van der Waals surface area contributed by atoms with E-state index in [9.17, 15) is 4.79 Å². The minimum absolute atomic E-state index is 0. The lowest BCUT2D eigenvalue weighted by atomic mass is 9.96. The first-order valence-electron chi connectivity index (χ1n) is 9.35. The van der Waals surface area contributed by atoms with Gasteiger partial charge in [-0.3, -0.25) is 9.89 Å². The van der Waals surface area contributed by atoms with Gasteiger partial charge < -0.3 is 16.0 Å².